The van der Waals surface area contributed by atoms with Crippen LogP contribution in [0.2, 0.25) is 0 Å². The second kappa shape index (κ2) is 7.39. The van der Waals surface area contributed by atoms with E-state index in [1.165, 1.54) is 52.9 Å². The standard InChI is InChI=1S/C20H15F2N5O3/c1-26-10-13(19(22)25-26)12-4-3-5-14(21)17(12)18-15(9-23-29)27-7-6-11(20(28)30-2)8-16(27)24-18/h3-10,29H,1-2H3. The Morgan fingerprint density at radius 1 is 1.27 bits per heavy atom. The number of rotatable bonds is 4. The third kappa shape index (κ3) is 3.08. The minimum absolute atomic E-state index is 0.00242. The Balaban J connectivity index is 2.03. The minimum Gasteiger partial charge on any atom is -0.465 e. The van der Waals surface area contributed by atoms with Crippen molar-refractivity contribution in [3.8, 4) is 22.4 Å². The Kier molecular flexibility index (Phi) is 4.74. The zero-order valence-electron chi connectivity index (χ0n) is 15.9. The molecule has 3 heterocycles. The first kappa shape index (κ1) is 19.2. The lowest BCUT2D eigenvalue weighted by atomic mass is 9.98. The average Bonchev–Trinajstić information content (AvgIpc) is 3.26. The lowest BCUT2D eigenvalue weighted by Gasteiger charge is -2.08. The Morgan fingerprint density at radius 3 is 2.73 bits per heavy atom. The summed E-state index contributed by atoms with van der Waals surface area (Å²) in [6.45, 7) is 0. The zero-order chi connectivity index (χ0) is 21.4. The maximum atomic E-state index is 15.0. The highest BCUT2D eigenvalue weighted by Gasteiger charge is 2.23. The molecule has 0 amide bonds. The highest BCUT2D eigenvalue weighted by atomic mass is 19.1. The fourth-order valence-electron chi connectivity index (χ4n) is 3.30. The molecule has 0 fully saturated rings. The van der Waals surface area contributed by atoms with Crippen molar-refractivity contribution < 1.29 is 23.5 Å². The van der Waals surface area contributed by atoms with Gasteiger partial charge < -0.3 is 9.94 Å². The number of aryl methyl sites for hydroxylation is 1. The van der Waals surface area contributed by atoms with E-state index in [1.54, 1.807) is 13.1 Å². The third-order valence-corrected chi connectivity index (χ3v) is 4.59. The summed E-state index contributed by atoms with van der Waals surface area (Å²) in [5.74, 6) is -1.98. The molecular weight excluding hydrogens is 396 g/mol. The molecule has 0 aliphatic rings. The van der Waals surface area contributed by atoms with Gasteiger partial charge in [0.2, 0.25) is 5.95 Å². The molecular formula is C20H15F2N5O3. The lowest BCUT2D eigenvalue weighted by Crippen LogP contribution is -2.02. The number of nitrogens with zero attached hydrogens (tertiary/aromatic N) is 5. The first-order valence-electron chi connectivity index (χ1n) is 8.71. The predicted octanol–water partition coefficient (Wildman–Crippen LogP) is 3.27. The van der Waals surface area contributed by atoms with Crippen LogP contribution in [-0.2, 0) is 11.8 Å². The highest BCUT2D eigenvalue weighted by molar-refractivity contribution is 5.95. The van der Waals surface area contributed by atoms with E-state index in [-0.39, 0.29) is 39.3 Å². The maximum Gasteiger partial charge on any atom is 0.338 e. The minimum atomic E-state index is -0.765. The van der Waals surface area contributed by atoms with Crippen LogP contribution in [0.5, 0.6) is 0 Å². The van der Waals surface area contributed by atoms with E-state index in [4.69, 9.17) is 9.94 Å². The normalized spacial score (nSPS) is 11.5. The molecule has 0 atom stereocenters. The first-order chi connectivity index (χ1) is 14.4. The Hall–Kier alpha value is -4.08. The number of esters is 1. The van der Waals surface area contributed by atoms with Crippen LogP contribution in [0.4, 0.5) is 8.78 Å². The van der Waals surface area contributed by atoms with Crippen LogP contribution in [-0.4, -0.2) is 43.7 Å². The molecule has 152 valence electrons. The molecule has 0 saturated heterocycles. The van der Waals surface area contributed by atoms with Crippen LogP contribution in [0, 0.1) is 11.8 Å². The number of hydrogen-bond donors (Lipinski definition) is 1. The smallest absolute Gasteiger partial charge is 0.338 e. The lowest BCUT2D eigenvalue weighted by molar-refractivity contribution is 0.0600. The number of carbonyl (C=O) groups excluding carboxylic acids is 1. The van der Waals surface area contributed by atoms with E-state index < -0.39 is 17.7 Å². The summed E-state index contributed by atoms with van der Waals surface area (Å²) >= 11 is 0. The summed E-state index contributed by atoms with van der Waals surface area (Å²) in [5, 5.41) is 15.9. The van der Waals surface area contributed by atoms with Crippen molar-refractivity contribution >= 4 is 17.8 Å². The molecule has 30 heavy (non-hydrogen) atoms. The van der Waals surface area contributed by atoms with Gasteiger partial charge in [0, 0.05) is 30.6 Å². The van der Waals surface area contributed by atoms with Crippen LogP contribution in [0.15, 0.2) is 47.9 Å². The van der Waals surface area contributed by atoms with Crippen molar-refractivity contribution in [2.75, 3.05) is 7.11 Å². The number of fused-ring (bicyclic) bond motifs is 1. The first-order valence-corrected chi connectivity index (χ1v) is 8.71. The Bertz CT molecular complexity index is 1310. The van der Waals surface area contributed by atoms with E-state index in [1.807, 2.05) is 0 Å². The van der Waals surface area contributed by atoms with Gasteiger partial charge in [0.15, 0.2) is 0 Å². The number of methoxy groups -OCH3 is 1. The number of imidazole rings is 1. The monoisotopic (exact) mass is 411 g/mol. The van der Waals surface area contributed by atoms with Gasteiger partial charge in [-0.3, -0.25) is 9.08 Å². The maximum absolute atomic E-state index is 15.0. The molecule has 0 aliphatic carbocycles. The number of halogens is 2. The number of pyridine rings is 1. The number of carbonyl (C=O) groups is 1. The molecule has 0 unspecified atom stereocenters. The topological polar surface area (TPSA) is 94.0 Å². The van der Waals surface area contributed by atoms with Crippen molar-refractivity contribution in [3.05, 3.63) is 65.7 Å². The van der Waals surface area contributed by atoms with E-state index in [0.29, 0.717) is 0 Å². The van der Waals surface area contributed by atoms with Gasteiger partial charge in [-0.1, -0.05) is 17.3 Å². The van der Waals surface area contributed by atoms with Crippen LogP contribution in [0.3, 0.4) is 0 Å². The van der Waals surface area contributed by atoms with Crippen molar-refractivity contribution in [1.82, 2.24) is 19.2 Å². The van der Waals surface area contributed by atoms with Gasteiger partial charge in [0.1, 0.15) is 17.2 Å². The quantitative estimate of drug-likeness (QED) is 0.241. The highest BCUT2D eigenvalue weighted by Crippen LogP contribution is 2.36. The molecule has 0 radical (unpaired) electrons. The van der Waals surface area contributed by atoms with Gasteiger partial charge in [0.05, 0.1) is 30.1 Å². The molecule has 1 aromatic carbocycles. The van der Waals surface area contributed by atoms with Gasteiger partial charge >= 0.3 is 5.97 Å². The molecule has 10 heteroatoms. The van der Waals surface area contributed by atoms with E-state index in [2.05, 4.69) is 15.2 Å². The molecule has 4 rings (SSSR count). The second-order valence-corrected chi connectivity index (χ2v) is 6.40. The van der Waals surface area contributed by atoms with Crippen LogP contribution in [0.25, 0.3) is 28.0 Å². The molecule has 0 bridgehead atoms. The van der Waals surface area contributed by atoms with Gasteiger partial charge in [0.25, 0.3) is 0 Å². The third-order valence-electron chi connectivity index (χ3n) is 4.59. The van der Waals surface area contributed by atoms with Crippen LogP contribution < -0.4 is 0 Å². The molecule has 4 aromatic rings. The van der Waals surface area contributed by atoms with Gasteiger partial charge in [-0.25, -0.2) is 14.2 Å². The summed E-state index contributed by atoms with van der Waals surface area (Å²) in [6.07, 6.45) is 4.03. The number of hydrogen-bond acceptors (Lipinski definition) is 6. The van der Waals surface area contributed by atoms with Crippen molar-refractivity contribution in [2.24, 2.45) is 12.2 Å². The van der Waals surface area contributed by atoms with Crippen LogP contribution in [0.1, 0.15) is 16.1 Å². The van der Waals surface area contributed by atoms with Crippen molar-refractivity contribution in [1.29, 1.82) is 0 Å². The SMILES string of the molecule is COC(=O)c1ccn2c(C=NO)c(-c3c(F)cccc3-c3cn(C)nc3F)nc2c1. The predicted molar refractivity (Wildman–Crippen MR) is 103 cm³/mol. The number of oxime groups is 1. The van der Waals surface area contributed by atoms with Crippen molar-refractivity contribution in [3.63, 3.8) is 0 Å². The molecule has 3 aromatic heterocycles. The fraction of sp³-hybridized carbons (Fsp3) is 0.100. The summed E-state index contributed by atoms with van der Waals surface area (Å²) in [6, 6.07) is 7.15. The van der Waals surface area contributed by atoms with Crippen molar-refractivity contribution in [2.45, 2.75) is 0 Å². The largest absolute Gasteiger partial charge is 0.465 e. The summed E-state index contributed by atoms with van der Waals surface area (Å²) < 4.78 is 36.9. The fourth-order valence-corrected chi connectivity index (χ4v) is 3.30. The molecule has 8 nitrogen and oxygen atoms in total. The number of aromatic nitrogens is 4. The number of benzene rings is 1. The van der Waals surface area contributed by atoms with Gasteiger partial charge in [-0.2, -0.15) is 4.39 Å². The van der Waals surface area contributed by atoms with Crippen LogP contribution >= 0.6 is 0 Å². The molecule has 0 aliphatic heterocycles. The molecule has 1 N–H and O–H groups in total. The van der Waals surface area contributed by atoms with E-state index in [9.17, 15) is 13.6 Å². The zero-order valence-corrected chi connectivity index (χ0v) is 15.9. The molecule has 0 spiro atoms. The number of ether oxygens (including phenoxy) is 1. The molecule has 0 saturated carbocycles. The Labute approximate surface area is 168 Å². The van der Waals surface area contributed by atoms with E-state index in [0.717, 1.165) is 6.21 Å². The van der Waals surface area contributed by atoms with Gasteiger partial charge in [-0.15, -0.1) is 5.10 Å². The Morgan fingerprint density at radius 2 is 2.07 bits per heavy atom. The summed E-state index contributed by atoms with van der Waals surface area (Å²) in [4.78, 5) is 16.3. The second-order valence-electron chi connectivity index (χ2n) is 6.40. The summed E-state index contributed by atoms with van der Waals surface area (Å²) in [5.41, 5.74) is 1.18. The average molecular weight is 411 g/mol. The van der Waals surface area contributed by atoms with E-state index >= 15 is 0 Å². The summed E-state index contributed by atoms with van der Waals surface area (Å²) in [7, 11) is 2.80. The van der Waals surface area contributed by atoms with Gasteiger partial charge in [-0.05, 0) is 18.2 Å².